The van der Waals surface area contributed by atoms with Crippen molar-refractivity contribution in [2.45, 2.75) is 12.6 Å². The summed E-state index contributed by atoms with van der Waals surface area (Å²) in [5.41, 5.74) is 1.15. The normalized spacial score (nSPS) is 11.6. The van der Waals surface area contributed by atoms with Crippen molar-refractivity contribution in [3.63, 3.8) is 0 Å². The van der Waals surface area contributed by atoms with E-state index in [0.717, 1.165) is 34.2 Å². The Balaban J connectivity index is 1.73. The van der Waals surface area contributed by atoms with Gasteiger partial charge in [0, 0.05) is 40.3 Å². The van der Waals surface area contributed by atoms with E-state index < -0.39 is 11.7 Å². The third-order valence-electron chi connectivity index (χ3n) is 4.37. The molecule has 29 heavy (non-hydrogen) atoms. The third kappa shape index (κ3) is 4.30. The number of nitrogens with one attached hydrogen (secondary N) is 1. The van der Waals surface area contributed by atoms with Gasteiger partial charge in [-0.3, -0.25) is 4.98 Å². The van der Waals surface area contributed by atoms with E-state index in [2.05, 4.69) is 20.5 Å². The number of nitrogens with zero attached hydrogens (tertiary/aromatic N) is 3. The molecule has 1 N–H and O–H groups in total. The molecule has 0 unspecified atom stereocenters. The molecule has 4 aromatic rings. The number of aromatic nitrogens is 3. The van der Waals surface area contributed by atoms with Crippen LogP contribution in [0.1, 0.15) is 16.8 Å². The molecule has 0 aliphatic carbocycles. The minimum Gasteiger partial charge on any atom is -0.338 e. The Bertz CT molecular complexity index is 1160. The zero-order chi connectivity index (χ0) is 20.4. The van der Waals surface area contributed by atoms with Gasteiger partial charge < -0.3 is 5.32 Å². The van der Waals surface area contributed by atoms with Crippen LogP contribution in [-0.4, -0.2) is 15.2 Å². The maximum Gasteiger partial charge on any atom is 0.416 e. The molecule has 4 rings (SSSR count). The first-order chi connectivity index (χ1) is 13.9. The summed E-state index contributed by atoms with van der Waals surface area (Å²) in [7, 11) is 0. The summed E-state index contributed by atoms with van der Waals surface area (Å²) < 4.78 is 39.2. The van der Waals surface area contributed by atoms with Crippen LogP contribution in [-0.2, 0) is 12.6 Å². The molecule has 2 aromatic heterocycles. The predicted octanol–water partition coefficient (Wildman–Crippen LogP) is 6.03. The molecule has 2 aromatic carbocycles. The van der Waals surface area contributed by atoms with Crippen molar-refractivity contribution in [2.24, 2.45) is 0 Å². The van der Waals surface area contributed by atoms with Crippen LogP contribution in [0.2, 0.25) is 5.02 Å². The van der Waals surface area contributed by atoms with E-state index in [4.69, 9.17) is 11.6 Å². The SMILES string of the molecule is FC(F)(F)c1cc(Cl)cc(Nc2nnc(Cc3ccncc3)c3ccccc23)c1. The molecule has 146 valence electrons. The Labute approximate surface area is 169 Å². The maximum atomic E-state index is 13.1. The fourth-order valence-electron chi connectivity index (χ4n) is 3.04. The first-order valence-corrected chi connectivity index (χ1v) is 9.06. The van der Waals surface area contributed by atoms with Crippen LogP contribution >= 0.6 is 11.6 Å². The van der Waals surface area contributed by atoms with E-state index in [-0.39, 0.29) is 10.7 Å². The van der Waals surface area contributed by atoms with E-state index in [9.17, 15) is 13.2 Å². The molecule has 0 spiro atoms. The van der Waals surface area contributed by atoms with Crippen LogP contribution in [0.25, 0.3) is 10.8 Å². The van der Waals surface area contributed by atoms with Gasteiger partial charge in [-0.1, -0.05) is 35.9 Å². The number of fused-ring (bicyclic) bond motifs is 1. The molecule has 8 heteroatoms. The average molecular weight is 415 g/mol. The maximum absolute atomic E-state index is 13.1. The lowest BCUT2D eigenvalue weighted by Crippen LogP contribution is -2.06. The highest BCUT2D eigenvalue weighted by molar-refractivity contribution is 6.31. The fourth-order valence-corrected chi connectivity index (χ4v) is 3.27. The van der Waals surface area contributed by atoms with Gasteiger partial charge in [-0.2, -0.15) is 18.3 Å². The summed E-state index contributed by atoms with van der Waals surface area (Å²) in [5, 5.41) is 13.0. The zero-order valence-electron chi connectivity index (χ0n) is 14.9. The zero-order valence-corrected chi connectivity index (χ0v) is 15.7. The number of benzene rings is 2. The number of hydrogen-bond acceptors (Lipinski definition) is 4. The van der Waals surface area contributed by atoms with E-state index in [1.54, 1.807) is 12.4 Å². The van der Waals surface area contributed by atoms with Gasteiger partial charge in [0.15, 0.2) is 5.82 Å². The summed E-state index contributed by atoms with van der Waals surface area (Å²) in [4.78, 5) is 4.00. The molecule has 0 fully saturated rings. The molecule has 0 amide bonds. The van der Waals surface area contributed by atoms with Crippen molar-refractivity contribution in [2.75, 3.05) is 5.32 Å². The molecular formula is C21H14ClF3N4. The number of halogens is 4. The highest BCUT2D eigenvalue weighted by Crippen LogP contribution is 2.35. The Hall–Kier alpha value is -3.19. The van der Waals surface area contributed by atoms with Crippen molar-refractivity contribution in [1.82, 2.24) is 15.2 Å². The second-order valence-corrected chi connectivity index (χ2v) is 6.86. The molecule has 0 radical (unpaired) electrons. The van der Waals surface area contributed by atoms with E-state index in [1.807, 2.05) is 36.4 Å². The minimum atomic E-state index is -4.50. The van der Waals surface area contributed by atoms with Crippen molar-refractivity contribution in [1.29, 1.82) is 0 Å². The lowest BCUT2D eigenvalue weighted by molar-refractivity contribution is -0.137. The summed E-state index contributed by atoms with van der Waals surface area (Å²) in [6, 6.07) is 14.6. The van der Waals surface area contributed by atoms with Crippen LogP contribution in [0.4, 0.5) is 24.7 Å². The van der Waals surface area contributed by atoms with Crippen LogP contribution in [0.15, 0.2) is 67.0 Å². The molecule has 2 heterocycles. The molecular weight excluding hydrogens is 401 g/mol. The first-order valence-electron chi connectivity index (χ1n) is 8.68. The Kier molecular flexibility index (Phi) is 5.07. The highest BCUT2D eigenvalue weighted by atomic mass is 35.5. The topological polar surface area (TPSA) is 50.7 Å². The van der Waals surface area contributed by atoms with Gasteiger partial charge in [-0.15, -0.1) is 5.10 Å². The summed E-state index contributed by atoms with van der Waals surface area (Å²) in [6.45, 7) is 0. The van der Waals surface area contributed by atoms with Crippen LogP contribution < -0.4 is 5.32 Å². The third-order valence-corrected chi connectivity index (χ3v) is 4.59. The van der Waals surface area contributed by atoms with Crippen LogP contribution in [0.3, 0.4) is 0 Å². The molecule has 0 saturated heterocycles. The monoisotopic (exact) mass is 414 g/mol. The lowest BCUT2D eigenvalue weighted by atomic mass is 10.0. The quantitative estimate of drug-likeness (QED) is 0.443. The van der Waals surface area contributed by atoms with E-state index in [0.29, 0.717) is 12.2 Å². The van der Waals surface area contributed by atoms with Crippen molar-refractivity contribution in [3.8, 4) is 0 Å². The standard InChI is InChI=1S/C21H14ClF3N4/c22-15-10-14(21(23,24)25)11-16(12-15)27-20-18-4-2-1-3-17(18)19(28-29-20)9-13-5-7-26-8-6-13/h1-8,10-12H,9H2,(H,27,29). The summed E-state index contributed by atoms with van der Waals surface area (Å²) in [6.07, 6.45) is -0.522. The van der Waals surface area contributed by atoms with E-state index >= 15 is 0 Å². The average Bonchev–Trinajstić information content (AvgIpc) is 2.70. The molecule has 0 atom stereocenters. The Morgan fingerprint density at radius 2 is 1.62 bits per heavy atom. The van der Waals surface area contributed by atoms with Gasteiger partial charge in [0.05, 0.1) is 11.3 Å². The predicted molar refractivity (Wildman–Crippen MR) is 106 cm³/mol. The van der Waals surface area contributed by atoms with E-state index in [1.165, 1.54) is 6.07 Å². The first kappa shape index (κ1) is 19.1. The number of alkyl halides is 3. The number of rotatable bonds is 4. The van der Waals surface area contributed by atoms with Crippen molar-refractivity contribution in [3.05, 3.63) is 88.8 Å². The van der Waals surface area contributed by atoms with Gasteiger partial charge in [0.2, 0.25) is 0 Å². The van der Waals surface area contributed by atoms with Crippen molar-refractivity contribution >= 4 is 33.9 Å². The number of anilines is 2. The molecule has 0 bridgehead atoms. The number of pyridine rings is 1. The van der Waals surface area contributed by atoms with Gasteiger partial charge >= 0.3 is 6.18 Å². The van der Waals surface area contributed by atoms with Gasteiger partial charge in [-0.25, -0.2) is 0 Å². The smallest absolute Gasteiger partial charge is 0.338 e. The van der Waals surface area contributed by atoms with Gasteiger partial charge in [0.1, 0.15) is 0 Å². The lowest BCUT2D eigenvalue weighted by Gasteiger charge is -2.13. The van der Waals surface area contributed by atoms with Crippen LogP contribution in [0.5, 0.6) is 0 Å². The van der Waals surface area contributed by atoms with Crippen LogP contribution in [0, 0.1) is 0 Å². The molecule has 0 aliphatic heterocycles. The minimum absolute atomic E-state index is 0.0195. The van der Waals surface area contributed by atoms with Gasteiger partial charge in [0.25, 0.3) is 0 Å². The molecule has 0 aliphatic rings. The largest absolute Gasteiger partial charge is 0.416 e. The van der Waals surface area contributed by atoms with Crippen molar-refractivity contribution < 1.29 is 13.2 Å². The second kappa shape index (κ2) is 7.67. The summed E-state index contributed by atoms with van der Waals surface area (Å²) in [5.74, 6) is 0.356. The Morgan fingerprint density at radius 3 is 2.34 bits per heavy atom. The number of hydrogen-bond donors (Lipinski definition) is 1. The second-order valence-electron chi connectivity index (χ2n) is 6.42. The molecule has 4 nitrogen and oxygen atoms in total. The fraction of sp³-hybridized carbons (Fsp3) is 0.0952. The van der Waals surface area contributed by atoms with Gasteiger partial charge in [-0.05, 0) is 35.9 Å². The highest BCUT2D eigenvalue weighted by Gasteiger charge is 2.31. The summed E-state index contributed by atoms with van der Waals surface area (Å²) >= 11 is 5.87. The molecule has 0 saturated carbocycles. The Morgan fingerprint density at radius 1 is 0.897 bits per heavy atom.